The highest BCUT2D eigenvalue weighted by Crippen LogP contribution is 2.08. The lowest BCUT2D eigenvalue weighted by Crippen LogP contribution is -2.13. The summed E-state index contributed by atoms with van der Waals surface area (Å²) in [6.45, 7) is 0.668. The van der Waals surface area contributed by atoms with Gasteiger partial charge in [-0.05, 0) is 29.4 Å². The van der Waals surface area contributed by atoms with E-state index in [-0.39, 0.29) is 5.90 Å². The molecule has 0 N–H and O–H groups in total. The summed E-state index contributed by atoms with van der Waals surface area (Å²) >= 11 is 5.75. The van der Waals surface area contributed by atoms with Gasteiger partial charge in [-0.15, -0.1) is 0 Å². The first kappa shape index (κ1) is 9.21. The molecule has 1 heterocycles. The van der Waals surface area contributed by atoms with E-state index < -0.39 is 0 Å². The van der Waals surface area contributed by atoms with Crippen LogP contribution in [0, 0.1) is 0 Å². The number of hydrogen-bond donors (Lipinski definition) is 0. The highest BCUT2D eigenvalue weighted by Gasteiger charge is 2.10. The van der Waals surface area contributed by atoms with E-state index in [9.17, 15) is 5.11 Å². The Bertz CT molecular complexity index is 395. The zero-order chi connectivity index (χ0) is 9.97. The number of hydrazone groups is 1. The predicted molar refractivity (Wildman–Crippen MR) is 53.8 cm³/mol. The van der Waals surface area contributed by atoms with Crippen molar-refractivity contribution in [1.82, 2.24) is 0 Å². The summed E-state index contributed by atoms with van der Waals surface area (Å²) in [4.78, 5) is 0. The van der Waals surface area contributed by atoms with Gasteiger partial charge in [0.25, 0.3) is 0 Å². The summed E-state index contributed by atoms with van der Waals surface area (Å²) in [6, 6.07) is 7.40. The van der Waals surface area contributed by atoms with E-state index in [1.807, 2.05) is 30.5 Å². The monoisotopic (exact) mass is 208 g/mol. The van der Waals surface area contributed by atoms with Gasteiger partial charge in [-0.3, -0.25) is 0 Å². The van der Waals surface area contributed by atoms with Crippen LogP contribution >= 0.6 is 11.6 Å². The lowest BCUT2D eigenvalue weighted by atomic mass is 10.2. The minimum Gasteiger partial charge on any atom is -0.857 e. The molecule has 1 aromatic rings. The van der Waals surface area contributed by atoms with Crippen LogP contribution in [0.5, 0.6) is 0 Å². The van der Waals surface area contributed by atoms with Gasteiger partial charge >= 0.3 is 0 Å². The Balaban J connectivity index is 2.22. The molecule has 0 spiro atoms. The van der Waals surface area contributed by atoms with Gasteiger partial charge in [-0.1, -0.05) is 16.3 Å². The zero-order valence-corrected chi connectivity index (χ0v) is 8.24. The molecule has 0 bridgehead atoms. The normalized spacial score (nSPS) is 18.6. The van der Waals surface area contributed by atoms with Gasteiger partial charge in [0.05, 0.1) is 0 Å². The fourth-order valence-electron chi connectivity index (χ4n) is 1.27. The van der Waals surface area contributed by atoms with E-state index in [0.29, 0.717) is 18.0 Å². The SMILES string of the molecule is [O-]C1=N/[N+](=C/c2ccc(Cl)cc2)CC1. The number of rotatable bonds is 1. The molecule has 1 aliphatic heterocycles. The summed E-state index contributed by atoms with van der Waals surface area (Å²) < 4.78 is 1.66. The van der Waals surface area contributed by atoms with Crippen LogP contribution in [0.15, 0.2) is 29.4 Å². The fourth-order valence-corrected chi connectivity index (χ4v) is 1.39. The third kappa shape index (κ3) is 2.12. The van der Waals surface area contributed by atoms with Gasteiger partial charge in [0.2, 0.25) is 6.21 Å². The first-order valence-electron chi connectivity index (χ1n) is 4.35. The average molecular weight is 209 g/mol. The Hall–Kier alpha value is -1.35. The van der Waals surface area contributed by atoms with Crippen molar-refractivity contribution in [3.05, 3.63) is 34.9 Å². The molecule has 14 heavy (non-hydrogen) atoms. The van der Waals surface area contributed by atoms with Crippen LogP contribution in [0.1, 0.15) is 12.0 Å². The number of hydrogen-bond acceptors (Lipinski definition) is 2. The quantitative estimate of drug-likeness (QED) is 0.631. The maximum Gasteiger partial charge on any atom is 0.203 e. The first-order chi connectivity index (χ1) is 6.74. The second kappa shape index (κ2) is 3.80. The molecule has 4 heteroatoms. The van der Waals surface area contributed by atoms with Crippen LogP contribution in [0.3, 0.4) is 0 Å². The lowest BCUT2D eigenvalue weighted by Gasteiger charge is -1.91. The second-order valence-corrected chi connectivity index (χ2v) is 3.52. The predicted octanol–water partition coefficient (Wildman–Crippen LogP) is 0.849. The molecule has 3 nitrogen and oxygen atoms in total. The van der Waals surface area contributed by atoms with Crippen LogP contribution in [0.25, 0.3) is 0 Å². The highest BCUT2D eigenvalue weighted by atomic mass is 35.5. The molecule has 1 aliphatic rings. The number of halogens is 1. The Morgan fingerprint density at radius 1 is 1.36 bits per heavy atom. The van der Waals surface area contributed by atoms with Gasteiger partial charge in [0.15, 0.2) is 6.54 Å². The third-order valence-corrected chi connectivity index (χ3v) is 2.21. The average Bonchev–Trinajstić information content (AvgIpc) is 2.56. The molecule has 72 valence electrons. The van der Waals surface area contributed by atoms with Gasteiger partial charge in [0, 0.05) is 22.9 Å². The van der Waals surface area contributed by atoms with Crippen LogP contribution in [0.4, 0.5) is 0 Å². The molecule has 0 fully saturated rings. The van der Waals surface area contributed by atoms with Crippen molar-refractivity contribution in [3.8, 4) is 0 Å². The van der Waals surface area contributed by atoms with Crippen molar-refractivity contribution >= 4 is 23.7 Å². The molecular formula is C10H9ClN2O. The van der Waals surface area contributed by atoms with Crippen molar-refractivity contribution in [2.45, 2.75) is 6.42 Å². The summed E-state index contributed by atoms with van der Waals surface area (Å²) in [6.07, 6.45) is 2.34. The van der Waals surface area contributed by atoms with E-state index in [0.717, 1.165) is 5.56 Å². The number of nitrogens with zero attached hydrogens (tertiary/aromatic N) is 2. The maximum atomic E-state index is 10.8. The van der Waals surface area contributed by atoms with Crippen molar-refractivity contribution < 1.29 is 9.79 Å². The summed E-state index contributed by atoms with van der Waals surface area (Å²) in [5.41, 5.74) is 0.993. The molecule has 0 aromatic heterocycles. The lowest BCUT2D eigenvalue weighted by molar-refractivity contribution is -0.519. The number of benzene rings is 1. The first-order valence-corrected chi connectivity index (χ1v) is 4.73. The minimum atomic E-state index is -0.0600. The highest BCUT2D eigenvalue weighted by molar-refractivity contribution is 6.30. The van der Waals surface area contributed by atoms with Gasteiger partial charge in [-0.2, -0.15) is 0 Å². The molecule has 0 radical (unpaired) electrons. The Morgan fingerprint density at radius 3 is 2.64 bits per heavy atom. The zero-order valence-electron chi connectivity index (χ0n) is 7.48. The molecule has 0 unspecified atom stereocenters. The Labute approximate surface area is 87.0 Å². The van der Waals surface area contributed by atoms with E-state index in [1.54, 1.807) is 4.68 Å². The minimum absolute atomic E-state index is 0.0600. The molecule has 0 aliphatic carbocycles. The Kier molecular flexibility index (Phi) is 2.50. The second-order valence-electron chi connectivity index (χ2n) is 3.09. The van der Waals surface area contributed by atoms with Gasteiger partial charge in [0.1, 0.15) is 0 Å². The molecule has 0 amide bonds. The van der Waals surface area contributed by atoms with Gasteiger partial charge < -0.3 is 5.11 Å². The molecule has 0 atom stereocenters. The van der Waals surface area contributed by atoms with E-state index in [4.69, 9.17) is 11.6 Å². The maximum absolute atomic E-state index is 10.8. The van der Waals surface area contributed by atoms with Crippen LogP contribution in [-0.4, -0.2) is 23.3 Å². The Morgan fingerprint density at radius 2 is 2.07 bits per heavy atom. The van der Waals surface area contributed by atoms with Crippen LogP contribution in [-0.2, 0) is 0 Å². The third-order valence-electron chi connectivity index (χ3n) is 1.96. The summed E-state index contributed by atoms with van der Waals surface area (Å²) in [5, 5.41) is 15.4. The van der Waals surface area contributed by atoms with E-state index >= 15 is 0 Å². The molecule has 0 saturated carbocycles. The van der Waals surface area contributed by atoms with E-state index in [2.05, 4.69) is 5.10 Å². The van der Waals surface area contributed by atoms with Crippen molar-refractivity contribution in [2.24, 2.45) is 5.10 Å². The fraction of sp³-hybridized carbons (Fsp3) is 0.200. The standard InChI is InChI=1S/C10H9ClN2O/c11-9-3-1-8(2-4-9)7-13-6-5-10(14)12-13/h1-4,7H,5-6H2/b13-7+. The van der Waals surface area contributed by atoms with Crippen molar-refractivity contribution in [1.29, 1.82) is 0 Å². The summed E-state index contributed by atoms with van der Waals surface area (Å²) in [5.74, 6) is -0.0600. The molecule has 2 rings (SSSR count). The van der Waals surface area contributed by atoms with Gasteiger partial charge in [-0.25, -0.2) is 0 Å². The van der Waals surface area contributed by atoms with E-state index in [1.165, 1.54) is 0 Å². The molecular weight excluding hydrogens is 200 g/mol. The topological polar surface area (TPSA) is 38.4 Å². The molecule has 0 saturated heterocycles. The molecule has 1 aromatic carbocycles. The van der Waals surface area contributed by atoms with Crippen molar-refractivity contribution in [2.75, 3.05) is 6.54 Å². The van der Waals surface area contributed by atoms with Crippen molar-refractivity contribution in [3.63, 3.8) is 0 Å². The van der Waals surface area contributed by atoms with Crippen LogP contribution in [0.2, 0.25) is 5.02 Å². The summed E-state index contributed by atoms with van der Waals surface area (Å²) in [7, 11) is 0. The van der Waals surface area contributed by atoms with Crippen LogP contribution < -0.4 is 5.11 Å². The largest absolute Gasteiger partial charge is 0.857 e. The smallest absolute Gasteiger partial charge is 0.203 e.